The van der Waals surface area contributed by atoms with Gasteiger partial charge in [0.25, 0.3) is 0 Å². The normalized spacial score (nSPS) is 13.9. The van der Waals surface area contributed by atoms with E-state index in [9.17, 15) is 18.0 Å². The molecule has 0 fully saturated rings. The summed E-state index contributed by atoms with van der Waals surface area (Å²) in [6, 6.07) is 5.76. The van der Waals surface area contributed by atoms with Crippen molar-refractivity contribution < 1.29 is 18.0 Å². The fourth-order valence-corrected chi connectivity index (χ4v) is 4.79. The van der Waals surface area contributed by atoms with Crippen molar-refractivity contribution in [3.05, 3.63) is 57.9 Å². The zero-order chi connectivity index (χ0) is 22.3. The highest BCUT2D eigenvalue weighted by Gasteiger charge is 2.30. The van der Waals surface area contributed by atoms with E-state index in [1.54, 1.807) is 29.3 Å². The number of thiophene rings is 1. The van der Waals surface area contributed by atoms with Crippen LogP contribution in [0.15, 0.2) is 57.5 Å². The fourth-order valence-electron chi connectivity index (χ4n) is 2.78. The molecule has 6 nitrogen and oxygen atoms in total. The van der Waals surface area contributed by atoms with Gasteiger partial charge < -0.3 is 11.1 Å². The van der Waals surface area contributed by atoms with Crippen LogP contribution in [0.5, 0.6) is 0 Å². The Bertz CT molecular complexity index is 1010. The van der Waals surface area contributed by atoms with Gasteiger partial charge in [-0.3, -0.25) is 5.32 Å². The molecule has 0 unspecified atom stereocenters. The van der Waals surface area contributed by atoms with Crippen LogP contribution in [-0.4, -0.2) is 24.0 Å². The Morgan fingerprint density at radius 3 is 2.94 bits per heavy atom. The SMILES string of the molecule is NC=Nc1ccsc1CSCCC1=CN=C(NC(=O)Nc2cccc(C(F)(F)F)c2)C1. The van der Waals surface area contributed by atoms with Gasteiger partial charge >= 0.3 is 12.2 Å². The van der Waals surface area contributed by atoms with Crippen LogP contribution < -0.4 is 16.4 Å². The van der Waals surface area contributed by atoms with Gasteiger partial charge in [-0.25, -0.2) is 14.8 Å². The molecular weight excluding hydrogens is 447 g/mol. The predicted octanol–water partition coefficient (Wildman–Crippen LogP) is 5.52. The summed E-state index contributed by atoms with van der Waals surface area (Å²) in [5, 5.41) is 6.97. The summed E-state index contributed by atoms with van der Waals surface area (Å²) in [7, 11) is 0. The van der Waals surface area contributed by atoms with Crippen LogP contribution in [0, 0.1) is 0 Å². The maximum atomic E-state index is 12.8. The van der Waals surface area contributed by atoms with Gasteiger partial charge in [-0.05, 0) is 47.4 Å². The minimum absolute atomic E-state index is 0.0578. The second kappa shape index (κ2) is 10.5. The molecule has 0 atom stereocenters. The molecule has 0 aliphatic carbocycles. The third kappa shape index (κ3) is 6.86. The summed E-state index contributed by atoms with van der Waals surface area (Å²) in [6.45, 7) is 0. The van der Waals surface area contributed by atoms with Crippen molar-refractivity contribution in [3.63, 3.8) is 0 Å². The van der Waals surface area contributed by atoms with Crippen molar-refractivity contribution in [2.24, 2.45) is 15.7 Å². The van der Waals surface area contributed by atoms with E-state index < -0.39 is 17.8 Å². The molecule has 1 aliphatic heterocycles. The number of aliphatic imine (C=N–C) groups is 2. The Morgan fingerprint density at radius 2 is 2.16 bits per heavy atom. The van der Waals surface area contributed by atoms with Gasteiger partial charge in [-0.1, -0.05) is 6.07 Å². The molecule has 1 aromatic heterocycles. The van der Waals surface area contributed by atoms with Crippen LogP contribution in [0.3, 0.4) is 0 Å². The van der Waals surface area contributed by atoms with Crippen molar-refractivity contribution in [1.29, 1.82) is 0 Å². The number of hydrogen-bond donors (Lipinski definition) is 3. The first-order chi connectivity index (χ1) is 14.8. The molecule has 2 aromatic rings. The van der Waals surface area contributed by atoms with Crippen molar-refractivity contribution in [2.75, 3.05) is 11.1 Å². The number of carbonyl (C=O) groups excluding carboxylic acids is 1. The first kappa shape index (κ1) is 22.9. The quantitative estimate of drug-likeness (QED) is 0.285. The van der Waals surface area contributed by atoms with E-state index in [0.29, 0.717) is 12.3 Å². The topological polar surface area (TPSA) is 91.9 Å². The largest absolute Gasteiger partial charge is 0.416 e. The number of thioether (sulfide) groups is 1. The number of urea groups is 1. The Labute approximate surface area is 185 Å². The Morgan fingerprint density at radius 1 is 1.32 bits per heavy atom. The van der Waals surface area contributed by atoms with Crippen molar-refractivity contribution in [3.8, 4) is 0 Å². The van der Waals surface area contributed by atoms with E-state index >= 15 is 0 Å². The lowest BCUT2D eigenvalue weighted by atomic mass is 10.2. The summed E-state index contributed by atoms with van der Waals surface area (Å²) in [6.07, 6.45) is -0.151. The number of nitrogens with one attached hydrogen (secondary N) is 2. The Kier molecular flexibility index (Phi) is 7.75. The molecule has 31 heavy (non-hydrogen) atoms. The highest BCUT2D eigenvalue weighted by Crippen LogP contribution is 2.31. The van der Waals surface area contributed by atoms with Gasteiger partial charge in [0.15, 0.2) is 0 Å². The zero-order valence-corrected chi connectivity index (χ0v) is 17.9. The molecule has 1 aliphatic rings. The van der Waals surface area contributed by atoms with Crippen LogP contribution in [0.4, 0.5) is 29.3 Å². The molecule has 0 radical (unpaired) electrons. The van der Waals surface area contributed by atoms with Crippen LogP contribution >= 0.6 is 23.1 Å². The number of amides is 2. The van der Waals surface area contributed by atoms with Crippen molar-refractivity contribution >= 4 is 52.7 Å². The number of halogens is 3. The number of nitrogens with zero attached hydrogens (tertiary/aromatic N) is 2. The maximum absolute atomic E-state index is 12.8. The smallest absolute Gasteiger partial charge is 0.390 e. The number of rotatable bonds is 7. The number of amidine groups is 1. The molecule has 0 spiro atoms. The van der Waals surface area contributed by atoms with Crippen LogP contribution in [-0.2, 0) is 11.9 Å². The molecule has 11 heteroatoms. The third-order valence-electron chi connectivity index (χ3n) is 4.24. The maximum Gasteiger partial charge on any atom is 0.416 e. The summed E-state index contributed by atoms with van der Waals surface area (Å²) in [4.78, 5) is 21.6. The van der Waals surface area contributed by atoms with E-state index in [-0.39, 0.29) is 5.69 Å². The first-order valence-electron chi connectivity index (χ1n) is 9.23. The molecule has 4 N–H and O–H groups in total. The van der Waals surface area contributed by atoms with E-state index in [4.69, 9.17) is 5.73 Å². The average molecular weight is 468 g/mol. The molecule has 2 amide bonds. The second-order valence-electron chi connectivity index (χ2n) is 6.51. The second-order valence-corrected chi connectivity index (χ2v) is 8.61. The van der Waals surface area contributed by atoms with E-state index in [0.717, 1.165) is 46.2 Å². The van der Waals surface area contributed by atoms with Crippen LogP contribution in [0.1, 0.15) is 23.3 Å². The Hall–Kier alpha value is -2.79. The zero-order valence-electron chi connectivity index (χ0n) is 16.3. The predicted molar refractivity (Wildman–Crippen MR) is 121 cm³/mol. The lowest BCUT2D eigenvalue weighted by Gasteiger charge is -2.11. The molecule has 164 valence electrons. The van der Waals surface area contributed by atoms with Gasteiger partial charge in [-0.15, -0.1) is 11.3 Å². The number of carbonyl (C=O) groups is 1. The minimum Gasteiger partial charge on any atom is -0.390 e. The molecule has 0 saturated heterocycles. The standard InChI is InChI=1S/C20H20F3N5OS2/c21-20(22,23)14-2-1-3-15(9-14)27-19(29)28-18-8-13(10-25-18)4-6-30-11-17-16(26-12-24)5-7-31-17/h1-3,5,7,9-10,12H,4,6,8,11H2,(H2,24,26)(H2,25,27,28,29). The molecule has 3 rings (SSSR count). The summed E-state index contributed by atoms with van der Waals surface area (Å²) in [5.74, 6) is 2.18. The molecule has 0 saturated carbocycles. The third-order valence-corrected chi connectivity index (χ3v) is 6.32. The highest BCUT2D eigenvalue weighted by molar-refractivity contribution is 7.98. The van der Waals surface area contributed by atoms with Gasteiger partial charge in [0.05, 0.1) is 17.6 Å². The van der Waals surface area contributed by atoms with E-state index in [1.807, 2.05) is 11.4 Å². The minimum atomic E-state index is -4.47. The number of hydrogen-bond acceptors (Lipinski definition) is 5. The Balaban J connectivity index is 1.38. The lowest BCUT2D eigenvalue weighted by Crippen LogP contribution is -2.33. The molecular formula is C20H20F3N5OS2. The number of benzene rings is 1. The molecule has 2 heterocycles. The molecule has 0 bridgehead atoms. The van der Waals surface area contributed by atoms with Gasteiger partial charge in [0.1, 0.15) is 5.84 Å². The highest BCUT2D eigenvalue weighted by atomic mass is 32.2. The monoisotopic (exact) mass is 467 g/mol. The van der Waals surface area contributed by atoms with Gasteiger partial charge in [0.2, 0.25) is 0 Å². The lowest BCUT2D eigenvalue weighted by molar-refractivity contribution is -0.137. The first-order valence-corrected chi connectivity index (χ1v) is 11.3. The summed E-state index contributed by atoms with van der Waals surface area (Å²) >= 11 is 3.41. The van der Waals surface area contributed by atoms with E-state index in [2.05, 4.69) is 20.6 Å². The number of alkyl halides is 3. The molecule has 1 aromatic carbocycles. The average Bonchev–Trinajstić information content (AvgIpc) is 3.34. The fraction of sp³-hybridized carbons (Fsp3) is 0.250. The summed E-state index contributed by atoms with van der Waals surface area (Å²) in [5.41, 5.74) is 6.55. The van der Waals surface area contributed by atoms with Crippen LogP contribution in [0.2, 0.25) is 0 Å². The van der Waals surface area contributed by atoms with E-state index in [1.165, 1.54) is 18.5 Å². The number of anilines is 1. The van der Waals surface area contributed by atoms with Crippen LogP contribution in [0.25, 0.3) is 0 Å². The van der Waals surface area contributed by atoms with Gasteiger partial charge in [-0.2, -0.15) is 24.9 Å². The number of nitrogens with two attached hydrogens (primary N) is 1. The summed E-state index contributed by atoms with van der Waals surface area (Å²) < 4.78 is 38.3. The van der Waals surface area contributed by atoms with Gasteiger partial charge in [0, 0.05) is 28.9 Å². The van der Waals surface area contributed by atoms with Crippen molar-refractivity contribution in [2.45, 2.75) is 24.8 Å². The van der Waals surface area contributed by atoms with Crippen molar-refractivity contribution in [1.82, 2.24) is 5.32 Å².